The predicted molar refractivity (Wildman–Crippen MR) is 81.5 cm³/mol. The molecule has 0 unspecified atom stereocenters. The summed E-state index contributed by atoms with van der Waals surface area (Å²) in [5.74, 6) is 0. The molecular weight excluding hydrogens is 260 g/mol. The summed E-state index contributed by atoms with van der Waals surface area (Å²) < 4.78 is 0. The molecule has 0 fully saturated rings. The van der Waals surface area contributed by atoms with Gasteiger partial charge < -0.3 is 0 Å². The Kier molecular flexibility index (Phi) is 2.45. The molecule has 0 aliphatic heterocycles. The van der Waals surface area contributed by atoms with Crippen molar-refractivity contribution in [3.63, 3.8) is 0 Å². The molecule has 4 nitrogen and oxygen atoms in total. The summed E-state index contributed by atoms with van der Waals surface area (Å²) in [7, 11) is 0. The molecule has 98 valence electrons. The van der Waals surface area contributed by atoms with E-state index >= 15 is 0 Å². The number of nitriles is 1. The van der Waals surface area contributed by atoms with E-state index in [1.54, 1.807) is 0 Å². The van der Waals surface area contributed by atoms with Gasteiger partial charge in [0.15, 0.2) is 5.69 Å². The number of aromatic amines is 1. The molecular formula is C17H10N4. The maximum atomic E-state index is 9.24. The van der Waals surface area contributed by atoms with Gasteiger partial charge in [0.05, 0.1) is 0 Å². The van der Waals surface area contributed by atoms with Gasteiger partial charge in [0, 0.05) is 5.56 Å². The summed E-state index contributed by atoms with van der Waals surface area (Å²) in [5, 5.41) is 24.3. The first-order valence-corrected chi connectivity index (χ1v) is 6.60. The lowest BCUT2D eigenvalue weighted by molar-refractivity contribution is 0.937. The molecule has 3 aromatic carbocycles. The van der Waals surface area contributed by atoms with Crippen LogP contribution in [0.2, 0.25) is 0 Å². The summed E-state index contributed by atoms with van der Waals surface area (Å²) in [4.78, 5) is 0. The second kappa shape index (κ2) is 4.43. The molecule has 21 heavy (non-hydrogen) atoms. The maximum absolute atomic E-state index is 9.24. The lowest BCUT2D eigenvalue weighted by Gasteiger charge is -2.09. The van der Waals surface area contributed by atoms with Gasteiger partial charge in [0.2, 0.25) is 0 Å². The van der Waals surface area contributed by atoms with Crippen LogP contribution >= 0.6 is 0 Å². The summed E-state index contributed by atoms with van der Waals surface area (Å²) in [5.41, 5.74) is 1.87. The molecule has 0 saturated carbocycles. The van der Waals surface area contributed by atoms with E-state index in [2.05, 4.69) is 39.7 Å². The van der Waals surface area contributed by atoms with Crippen LogP contribution in [0.3, 0.4) is 0 Å². The molecule has 4 heteroatoms. The van der Waals surface area contributed by atoms with Crippen molar-refractivity contribution in [2.24, 2.45) is 0 Å². The lowest BCUT2D eigenvalue weighted by atomic mass is 9.94. The van der Waals surface area contributed by atoms with Gasteiger partial charge in [-0.1, -0.05) is 48.5 Å². The van der Waals surface area contributed by atoms with Gasteiger partial charge in [-0.15, -0.1) is 5.10 Å². The summed E-state index contributed by atoms with van der Waals surface area (Å²) >= 11 is 0. The molecule has 0 aliphatic carbocycles. The molecule has 1 N–H and O–H groups in total. The molecule has 0 atom stereocenters. The first kappa shape index (κ1) is 11.6. The Morgan fingerprint density at radius 1 is 0.857 bits per heavy atom. The Morgan fingerprint density at radius 2 is 1.48 bits per heavy atom. The minimum atomic E-state index is 0.316. The van der Waals surface area contributed by atoms with Gasteiger partial charge in [-0.25, -0.2) is 0 Å². The number of hydrogen-bond donors (Lipinski definition) is 1. The van der Waals surface area contributed by atoms with E-state index in [0.717, 1.165) is 27.1 Å². The average Bonchev–Trinajstić information content (AvgIpc) is 3.00. The number of hydrogen-bond acceptors (Lipinski definition) is 3. The van der Waals surface area contributed by atoms with Crippen molar-refractivity contribution >= 4 is 21.5 Å². The molecule has 0 radical (unpaired) electrons. The second-order valence-electron chi connectivity index (χ2n) is 4.83. The largest absolute Gasteiger partial charge is 0.196 e. The quantitative estimate of drug-likeness (QED) is 0.537. The Hall–Kier alpha value is -3.19. The van der Waals surface area contributed by atoms with Gasteiger partial charge in [0.25, 0.3) is 0 Å². The van der Waals surface area contributed by atoms with Crippen molar-refractivity contribution in [2.75, 3.05) is 0 Å². The average molecular weight is 270 g/mol. The van der Waals surface area contributed by atoms with Crippen molar-refractivity contribution in [2.45, 2.75) is 0 Å². The first-order valence-electron chi connectivity index (χ1n) is 6.60. The molecule has 0 bridgehead atoms. The predicted octanol–water partition coefficient (Wildman–Crippen LogP) is 3.65. The van der Waals surface area contributed by atoms with Gasteiger partial charge >= 0.3 is 0 Å². The van der Waals surface area contributed by atoms with E-state index < -0.39 is 0 Å². The van der Waals surface area contributed by atoms with Crippen molar-refractivity contribution in [3.05, 3.63) is 60.3 Å². The van der Waals surface area contributed by atoms with Crippen LogP contribution in [0.15, 0.2) is 54.6 Å². The van der Waals surface area contributed by atoms with E-state index in [1.807, 2.05) is 36.4 Å². The number of H-pyrrole nitrogens is 1. The van der Waals surface area contributed by atoms with Crippen LogP contribution in [0.1, 0.15) is 5.69 Å². The van der Waals surface area contributed by atoms with Crippen LogP contribution in [0.5, 0.6) is 0 Å². The van der Waals surface area contributed by atoms with Crippen molar-refractivity contribution < 1.29 is 0 Å². The van der Waals surface area contributed by atoms with E-state index in [9.17, 15) is 5.26 Å². The van der Waals surface area contributed by atoms with Crippen LogP contribution in [0.25, 0.3) is 32.8 Å². The molecule has 4 rings (SSSR count). The number of nitrogens with one attached hydrogen (secondary N) is 1. The fourth-order valence-corrected chi connectivity index (χ4v) is 2.75. The highest BCUT2D eigenvalue weighted by Crippen LogP contribution is 2.36. The second-order valence-corrected chi connectivity index (χ2v) is 4.83. The van der Waals surface area contributed by atoms with Gasteiger partial charge in [0.1, 0.15) is 11.8 Å². The molecule has 0 amide bonds. The standard InChI is InChI=1S/C17H10N4/c18-10-15-17(20-21-19-15)16-13-7-3-1-5-11(13)9-12-6-2-4-8-14(12)16/h1-9H,(H,19,20,21). The van der Waals surface area contributed by atoms with Crippen LogP contribution in [-0.2, 0) is 0 Å². The van der Waals surface area contributed by atoms with Crippen molar-refractivity contribution in [3.8, 4) is 17.3 Å². The maximum Gasteiger partial charge on any atom is 0.190 e. The van der Waals surface area contributed by atoms with E-state index in [0.29, 0.717) is 11.4 Å². The molecule has 1 aromatic heterocycles. The minimum Gasteiger partial charge on any atom is -0.196 e. The Labute approximate surface area is 120 Å². The van der Waals surface area contributed by atoms with Gasteiger partial charge in [-0.2, -0.15) is 15.6 Å². The zero-order valence-electron chi connectivity index (χ0n) is 11.0. The fourth-order valence-electron chi connectivity index (χ4n) is 2.75. The van der Waals surface area contributed by atoms with E-state index in [4.69, 9.17) is 0 Å². The van der Waals surface area contributed by atoms with Crippen LogP contribution in [0, 0.1) is 11.3 Å². The highest BCUT2D eigenvalue weighted by molar-refractivity contribution is 6.12. The number of nitrogens with zero attached hydrogens (tertiary/aromatic N) is 3. The molecule has 0 saturated heterocycles. The van der Waals surface area contributed by atoms with Crippen LogP contribution < -0.4 is 0 Å². The molecule has 4 aromatic rings. The number of benzene rings is 3. The monoisotopic (exact) mass is 270 g/mol. The SMILES string of the molecule is N#Cc1n[nH]nc1-c1c2ccccc2cc2ccccc12. The van der Waals surface area contributed by atoms with E-state index in [1.165, 1.54) is 0 Å². The molecule has 1 heterocycles. The van der Waals surface area contributed by atoms with Crippen molar-refractivity contribution in [1.82, 2.24) is 15.4 Å². The summed E-state index contributed by atoms with van der Waals surface area (Å²) in [6.45, 7) is 0. The van der Waals surface area contributed by atoms with Crippen LogP contribution in [-0.4, -0.2) is 15.4 Å². The normalized spacial score (nSPS) is 10.8. The smallest absolute Gasteiger partial charge is 0.190 e. The number of aromatic nitrogens is 3. The Morgan fingerprint density at radius 3 is 2.10 bits per heavy atom. The van der Waals surface area contributed by atoms with Gasteiger partial charge in [-0.3, -0.25) is 0 Å². The number of rotatable bonds is 1. The van der Waals surface area contributed by atoms with Crippen molar-refractivity contribution in [1.29, 1.82) is 5.26 Å². The third-order valence-corrected chi connectivity index (χ3v) is 3.66. The zero-order valence-corrected chi connectivity index (χ0v) is 11.0. The highest BCUT2D eigenvalue weighted by Gasteiger charge is 2.16. The lowest BCUT2D eigenvalue weighted by Crippen LogP contribution is -1.88. The molecule has 0 aliphatic rings. The number of fused-ring (bicyclic) bond motifs is 2. The minimum absolute atomic E-state index is 0.316. The first-order chi connectivity index (χ1) is 10.4. The fraction of sp³-hybridized carbons (Fsp3) is 0. The highest BCUT2D eigenvalue weighted by atomic mass is 15.3. The topological polar surface area (TPSA) is 65.4 Å². The van der Waals surface area contributed by atoms with Crippen LogP contribution in [0.4, 0.5) is 0 Å². The third-order valence-electron chi connectivity index (χ3n) is 3.66. The summed E-state index contributed by atoms with van der Waals surface area (Å²) in [6.07, 6.45) is 0. The Bertz CT molecular complexity index is 954. The third kappa shape index (κ3) is 1.68. The Balaban J connectivity index is 2.25. The summed E-state index contributed by atoms with van der Waals surface area (Å²) in [6, 6.07) is 20.5. The molecule has 0 spiro atoms. The zero-order chi connectivity index (χ0) is 14.2. The van der Waals surface area contributed by atoms with Gasteiger partial charge in [-0.05, 0) is 27.6 Å². The van der Waals surface area contributed by atoms with E-state index in [-0.39, 0.29) is 0 Å².